The van der Waals surface area contributed by atoms with Gasteiger partial charge in [-0.3, -0.25) is 4.79 Å². The molecule has 9 heteroatoms. The normalized spacial score (nSPS) is 13.8. The average molecular weight is 397 g/mol. The summed E-state index contributed by atoms with van der Waals surface area (Å²) < 4.78 is 45.0. The van der Waals surface area contributed by atoms with E-state index in [1.54, 1.807) is 6.92 Å². The van der Waals surface area contributed by atoms with Gasteiger partial charge in [0.2, 0.25) is 0 Å². The molecule has 28 heavy (non-hydrogen) atoms. The Balaban J connectivity index is 2.51. The zero-order valence-electron chi connectivity index (χ0n) is 15.7. The molecule has 0 saturated heterocycles. The second-order valence-corrected chi connectivity index (χ2v) is 6.35. The molecule has 0 fully saturated rings. The molecule has 1 aromatic heterocycles. The summed E-state index contributed by atoms with van der Waals surface area (Å²) in [6.07, 6.45) is -3.40. The molecule has 2 N–H and O–H groups in total. The molecule has 0 spiro atoms. The van der Waals surface area contributed by atoms with Crippen LogP contribution >= 0.6 is 0 Å². The molecule has 2 atom stereocenters. The Labute approximate surface area is 160 Å². The lowest BCUT2D eigenvalue weighted by atomic mass is 9.91. The number of nitrogens with one attached hydrogen (secondary N) is 1. The fourth-order valence-electron chi connectivity index (χ4n) is 2.92. The van der Waals surface area contributed by atoms with E-state index in [0.29, 0.717) is 23.5 Å². The molecule has 0 unspecified atom stereocenters. The molecule has 1 heterocycles. The summed E-state index contributed by atoms with van der Waals surface area (Å²) in [5.74, 6) is -0.771. The van der Waals surface area contributed by atoms with Crippen LogP contribution in [-0.4, -0.2) is 34.3 Å². The van der Waals surface area contributed by atoms with E-state index in [2.05, 4.69) is 15.3 Å². The van der Waals surface area contributed by atoms with Gasteiger partial charge in [0.25, 0.3) is 0 Å². The highest BCUT2D eigenvalue weighted by Crippen LogP contribution is 2.41. The summed E-state index contributed by atoms with van der Waals surface area (Å²) in [4.78, 5) is 19.2. The Hall–Kier alpha value is -2.68. The highest BCUT2D eigenvalue weighted by molar-refractivity contribution is 5.69. The third kappa shape index (κ3) is 5.41. The van der Waals surface area contributed by atoms with E-state index in [0.717, 1.165) is 7.11 Å². The van der Waals surface area contributed by atoms with Crippen LogP contribution in [0.1, 0.15) is 48.7 Å². The number of ether oxygens (including phenoxy) is 1. The van der Waals surface area contributed by atoms with E-state index in [1.807, 2.05) is 6.92 Å². The molecule has 1 aromatic carbocycles. The highest BCUT2D eigenvalue weighted by Gasteiger charge is 2.42. The van der Waals surface area contributed by atoms with Crippen LogP contribution in [0.25, 0.3) is 0 Å². The maximum Gasteiger partial charge on any atom is 0.418 e. The van der Waals surface area contributed by atoms with Crippen molar-refractivity contribution in [3.63, 3.8) is 0 Å². The molecule has 0 bridgehead atoms. The molecule has 152 valence electrons. The summed E-state index contributed by atoms with van der Waals surface area (Å²) in [7, 11) is 0.990. The molecule has 2 rings (SSSR count). The lowest BCUT2D eigenvalue weighted by Crippen LogP contribution is -2.23. The van der Waals surface area contributed by atoms with Crippen molar-refractivity contribution in [2.45, 2.75) is 44.9 Å². The number of aryl methyl sites for hydroxylation is 1. The number of hydrogen-bond donors (Lipinski definition) is 2. The lowest BCUT2D eigenvalue weighted by molar-refractivity contribution is -0.215. The van der Waals surface area contributed by atoms with Gasteiger partial charge in [0, 0.05) is 18.4 Å². The first kappa shape index (κ1) is 21.6. The standard InChI is InChI=1S/C19H22F3N3O3/c1-4-12(8-17(26)27)13-5-6-15(18(28-3)19(20,21)22)16(7-13)25-14-9-23-11(2)24-10-14/h5-7,9-10,12,18,25H,4,8H2,1-3H3,(H,26,27)/t12-,18-/m1/s1. The minimum atomic E-state index is -4.61. The van der Waals surface area contributed by atoms with Crippen molar-refractivity contribution in [3.8, 4) is 0 Å². The topological polar surface area (TPSA) is 84.3 Å². The number of alkyl halides is 3. The number of anilines is 2. The van der Waals surface area contributed by atoms with Crippen molar-refractivity contribution in [1.29, 1.82) is 0 Å². The molecule has 6 nitrogen and oxygen atoms in total. The largest absolute Gasteiger partial charge is 0.481 e. The first-order valence-electron chi connectivity index (χ1n) is 8.66. The van der Waals surface area contributed by atoms with E-state index in [-0.39, 0.29) is 23.6 Å². The van der Waals surface area contributed by atoms with Gasteiger partial charge in [-0.05, 0) is 30.9 Å². The lowest BCUT2D eigenvalue weighted by Gasteiger charge is -2.24. The number of carboxylic acid groups (broad SMARTS) is 1. The van der Waals surface area contributed by atoms with E-state index in [9.17, 15) is 18.0 Å². The zero-order chi connectivity index (χ0) is 20.9. The van der Waals surface area contributed by atoms with Gasteiger partial charge in [-0.1, -0.05) is 19.1 Å². The molecule has 0 radical (unpaired) electrons. The number of carboxylic acids is 1. The first-order chi connectivity index (χ1) is 13.2. The number of benzene rings is 1. The second-order valence-electron chi connectivity index (χ2n) is 6.35. The van der Waals surface area contributed by atoms with Gasteiger partial charge in [0.15, 0.2) is 6.10 Å². The fourth-order valence-corrected chi connectivity index (χ4v) is 2.92. The molecule has 2 aromatic rings. The minimum absolute atomic E-state index is 0.107. The van der Waals surface area contributed by atoms with Crippen LogP contribution in [0.3, 0.4) is 0 Å². The Bertz CT molecular complexity index is 810. The van der Waals surface area contributed by atoms with Crippen LogP contribution in [0.4, 0.5) is 24.5 Å². The fraction of sp³-hybridized carbons (Fsp3) is 0.421. The van der Waals surface area contributed by atoms with Crippen molar-refractivity contribution >= 4 is 17.3 Å². The number of methoxy groups -OCH3 is 1. The summed E-state index contributed by atoms with van der Waals surface area (Å²) in [6.45, 7) is 3.52. The van der Waals surface area contributed by atoms with Crippen LogP contribution in [0.15, 0.2) is 30.6 Å². The van der Waals surface area contributed by atoms with Gasteiger partial charge in [-0.25, -0.2) is 9.97 Å². The third-order valence-corrected chi connectivity index (χ3v) is 4.34. The summed E-state index contributed by atoms with van der Waals surface area (Å²) in [5.41, 5.74) is 1.09. The molecule has 0 aliphatic heterocycles. The second kappa shape index (κ2) is 9.01. The monoisotopic (exact) mass is 397 g/mol. The van der Waals surface area contributed by atoms with Gasteiger partial charge in [-0.2, -0.15) is 13.2 Å². The number of hydrogen-bond acceptors (Lipinski definition) is 5. The molecular formula is C19H22F3N3O3. The van der Waals surface area contributed by atoms with E-state index >= 15 is 0 Å². The summed E-state index contributed by atoms with van der Waals surface area (Å²) in [6, 6.07) is 4.37. The van der Waals surface area contributed by atoms with E-state index < -0.39 is 18.2 Å². The SMILES string of the molecule is CC[C@H](CC(=O)O)c1ccc([C@@H](OC)C(F)(F)F)c(Nc2cnc(C)nc2)c1. The molecule has 0 saturated carbocycles. The zero-order valence-corrected chi connectivity index (χ0v) is 15.7. The smallest absolute Gasteiger partial charge is 0.418 e. The van der Waals surface area contributed by atoms with E-state index in [4.69, 9.17) is 9.84 Å². The van der Waals surface area contributed by atoms with Crippen molar-refractivity contribution in [1.82, 2.24) is 9.97 Å². The Morgan fingerprint density at radius 1 is 1.29 bits per heavy atom. The van der Waals surface area contributed by atoms with Crippen LogP contribution in [0, 0.1) is 6.92 Å². The van der Waals surface area contributed by atoms with Crippen LogP contribution < -0.4 is 5.32 Å². The maximum atomic E-state index is 13.4. The maximum absolute atomic E-state index is 13.4. The first-order valence-corrected chi connectivity index (χ1v) is 8.66. The third-order valence-electron chi connectivity index (χ3n) is 4.34. The van der Waals surface area contributed by atoms with Gasteiger partial charge in [-0.15, -0.1) is 0 Å². The molecule has 0 amide bonds. The van der Waals surface area contributed by atoms with Crippen molar-refractivity contribution in [2.24, 2.45) is 0 Å². The number of rotatable bonds is 8. The number of aliphatic carboxylic acids is 1. The Kier molecular flexibility index (Phi) is 6.95. The predicted molar refractivity (Wildman–Crippen MR) is 97.6 cm³/mol. The average Bonchev–Trinajstić information content (AvgIpc) is 2.62. The molecular weight excluding hydrogens is 375 g/mol. The van der Waals surface area contributed by atoms with Crippen LogP contribution in [0.5, 0.6) is 0 Å². The number of aromatic nitrogens is 2. The summed E-state index contributed by atoms with van der Waals surface area (Å²) >= 11 is 0. The predicted octanol–water partition coefficient (Wildman–Crippen LogP) is 4.75. The van der Waals surface area contributed by atoms with Gasteiger partial charge in [0.05, 0.1) is 24.5 Å². The molecule has 0 aliphatic carbocycles. The van der Waals surface area contributed by atoms with Crippen molar-refractivity contribution in [2.75, 3.05) is 12.4 Å². The molecule has 0 aliphatic rings. The van der Waals surface area contributed by atoms with Crippen LogP contribution in [0.2, 0.25) is 0 Å². The van der Waals surface area contributed by atoms with Crippen LogP contribution in [-0.2, 0) is 9.53 Å². The van der Waals surface area contributed by atoms with Gasteiger partial charge in [0.1, 0.15) is 5.82 Å². The summed E-state index contributed by atoms with van der Waals surface area (Å²) in [5, 5.41) is 12.0. The van der Waals surface area contributed by atoms with Gasteiger partial charge < -0.3 is 15.2 Å². The van der Waals surface area contributed by atoms with E-state index in [1.165, 1.54) is 30.6 Å². The van der Waals surface area contributed by atoms with Crippen molar-refractivity contribution < 1.29 is 27.8 Å². The minimum Gasteiger partial charge on any atom is -0.481 e. The van der Waals surface area contributed by atoms with Gasteiger partial charge >= 0.3 is 12.1 Å². The number of nitrogens with zero attached hydrogens (tertiary/aromatic N) is 2. The van der Waals surface area contributed by atoms with Crippen molar-refractivity contribution in [3.05, 3.63) is 47.5 Å². The highest BCUT2D eigenvalue weighted by atomic mass is 19.4. The number of halogens is 3. The number of carbonyl (C=O) groups is 1. The Morgan fingerprint density at radius 2 is 1.93 bits per heavy atom. The quantitative estimate of drug-likeness (QED) is 0.669. The Morgan fingerprint density at radius 3 is 2.43 bits per heavy atom.